The monoisotopic (exact) mass is 291 g/mol. The molecule has 0 aliphatic rings. The molecule has 4 nitrogen and oxygen atoms in total. The van der Waals surface area contributed by atoms with Gasteiger partial charge in [0.2, 0.25) is 0 Å². The normalized spacial score (nSPS) is 12.4. The number of nitrogens with one attached hydrogen (secondary N) is 1. The molecule has 1 aromatic carbocycles. The molecule has 2 aromatic rings. The zero-order valence-electron chi connectivity index (χ0n) is 12.8. The number of aromatic nitrogens is 2. The summed E-state index contributed by atoms with van der Waals surface area (Å²) in [4.78, 5) is 4.17. The third-order valence-corrected chi connectivity index (χ3v) is 3.46. The van der Waals surface area contributed by atoms with Crippen molar-refractivity contribution in [3.8, 4) is 5.75 Å². The lowest BCUT2D eigenvalue weighted by Crippen LogP contribution is -2.19. The number of halogens is 1. The number of aryl methyl sites for hydroxylation is 1. The molecule has 0 saturated heterocycles. The van der Waals surface area contributed by atoms with E-state index < -0.39 is 0 Å². The Kier molecular flexibility index (Phi) is 5.33. The fourth-order valence-electron chi connectivity index (χ4n) is 2.30. The maximum Gasteiger partial charge on any atom is 0.124 e. The van der Waals surface area contributed by atoms with E-state index in [-0.39, 0.29) is 11.9 Å². The highest BCUT2D eigenvalue weighted by Crippen LogP contribution is 2.26. The van der Waals surface area contributed by atoms with Crippen molar-refractivity contribution in [3.05, 3.63) is 47.8 Å². The second-order valence-corrected chi connectivity index (χ2v) is 4.98. The van der Waals surface area contributed by atoms with E-state index in [1.807, 2.05) is 31.5 Å². The minimum Gasteiger partial charge on any atom is -0.491 e. The van der Waals surface area contributed by atoms with Gasteiger partial charge in [-0.3, -0.25) is 0 Å². The quantitative estimate of drug-likeness (QED) is 0.852. The predicted octanol–water partition coefficient (Wildman–Crippen LogP) is 3.08. The molecule has 1 atom stereocenters. The molecule has 5 heteroatoms. The Morgan fingerprint density at radius 1 is 1.43 bits per heavy atom. The Balaban J connectivity index is 2.03. The maximum absolute atomic E-state index is 13.5. The van der Waals surface area contributed by atoms with Gasteiger partial charge in [-0.15, -0.1) is 0 Å². The fraction of sp³-hybridized carbons (Fsp3) is 0.438. The number of nitrogens with zero attached hydrogens (tertiary/aromatic N) is 2. The van der Waals surface area contributed by atoms with Crippen molar-refractivity contribution in [1.29, 1.82) is 0 Å². The van der Waals surface area contributed by atoms with E-state index in [1.54, 1.807) is 12.3 Å². The van der Waals surface area contributed by atoms with E-state index in [0.29, 0.717) is 6.61 Å². The number of hydrogen-bond donors (Lipinski definition) is 1. The lowest BCUT2D eigenvalue weighted by molar-refractivity contribution is 0.291. The molecule has 21 heavy (non-hydrogen) atoms. The molecule has 2 rings (SSSR count). The van der Waals surface area contributed by atoms with Crippen LogP contribution in [0.3, 0.4) is 0 Å². The Morgan fingerprint density at radius 2 is 2.24 bits per heavy atom. The van der Waals surface area contributed by atoms with Gasteiger partial charge in [0.1, 0.15) is 24.0 Å². The zero-order valence-corrected chi connectivity index (χ0v) is 12.8. The Labute approximate surface area is 125 Å². The standard InChI is InChI=1S/C16H22FN3O/c1-4-18-12(2)15-11-14(17)5-6-16(15)21-10-9-20-8-7-19-13(20)3/h5-8,11-12,18H,4,9-10H2,1-3H3. The predicted molar refractivity (Wildman–Crippen MR) is 81.0 cm³/mol. The highest BCUT2D eigenvalue weighted by Gasteiger charge is 2.12. The molecule has 1 aromatic heterocycles. The first kappa shape index (κ1) is 15.5. The third kappa shape index (κ3) is 4.04. The van der Waals surface area contributed by atoms with Crippen LogP contribution in [0.5, 0.6) is 5.75 Å². The van der Waals surface area contributed by atoms with Crippen LogP contribution in [-0.2, 0) is 6.54 Å². The minimum absolute atomic E-state index is 0.0516. The number of hydrogen-bond acceptors (Lipinski definition) is 3. The zero-order chi connectivity index (χ0) is 15.2. The van der Waals surface area contributed by atoms with Crippen LogP contribution in [0.4, 0.5) is 4.39 Å². The average Bonchev–Trinajstić information content (AvgIpc) is 2.86. The van der Waals surface area contributed by atoms with Crippen molar-refractivity contribution >= 4 is 0 Å². The van der Waals surface area contributed by atoms with Crippen LogP contribution in [0.2, 0.25) is 0 Å². The van der Waals surface area contributed by atoms with Crippen LogP contribution in [-0.4, -0.2) is 22.7 Å². The van der Waals surface area contributed by atoms with Crippen LogP contribution < -0.4 is 10.1 Å². The van der Waals surface area contributed by atoms with E-state index in [4.69, 9.17) is 4.74 Å². The second kappa shape index (κ2) is 7.22. The molecule has 0 bridgehead atoms. The fourth-order valence-corrected chi connectivity index (χ4v) is 2.30. The number of benzene rings is 1. The van der Waals surface area contributed by atoms with Crippen molar-refractivity contribution in [2.45, 2.75) is 33.4 Å². The van der Waals surface area contributed by atoms with Crippen molar-refractivity contribution in [2.24, 2.45) is 0 Å². The van der Waals surface area contributed by atoms with Crippen molar-refractivity contribution in [1.82, 2.24) is 14.9 Å². The second-order valence-electron chi connectivity index (χ2n) is 4.98. The summed E-state index contributed by atoms with van der Waals surface area (Å²) < 4.78 is 21.3. The maximum atomic E-state index is 13.5. The molecule has 0 aliphatic heterocycles. The largest absolute Gasteiger partial charge is 0.491 e. The van der Waals surface area contributed by atoms with Gasteiger partial charge in [0.15, 0.2) is 0 Å². The highest BCUT2D eigenvalue weighted by atomic mass is 19.1. The first-order chi connectivity index (χ1) is 10.1. The van der Waals surface area contributed by atoms with Crippen LogP contribution in [0.15, 0.2) is 30.6 Å². The van der Waals surface area contributed by atoms with Gasteiger partial charge < -0.3 is 14.6 Å². The van der Waals surface area contributed by atoms with Crippen LogP contribution >= 0.6 is 0 Å². The molecule has 0 radical (unpaired) electrons. The van der Waals surface area contributed by atoms with Crippen molar-refractivity contribution < 1.29 is 9.13 Å². The lowest BCUT2D eigenvalue weighted by Gasteiger charge is -2.18. The first-order valence-electron chi connectivity index (χ1n) is 7.25. The van der Waals surface area contributed by atoms with E-state index in [2.05, 4.69) is 10.3 Å². The van der Waals surface area contributed by atoms with Gasteiger partial charge in [-0.2, -0.15) is 0 Å². The summed E-state index contributed by atoms with van der Waals surface area (Å²) in [6.45, 7) is 8.05. The molecule has 0 amide bonds. The van der Waals surface area contributed by atoms with E-state index in [0.717, 1.165) is 30.2 Å². The highest BCUT2D eigenvalue weighted by molar-refractivity contribution is 5.36. The van der Waals surface area contributed by atoms with Gasteiger partial charge in [-0.1, -0.05) is 6.92 Å². The third-order valence-electron chi connectivity index (χ3n) is 3.46. The number of rotatable bonds is 7. The van der Waals surface area contributed by atoms with Gasteiger partial charge >= 0.3 is 0 Å². The molecule has 1 unspecified atom stereocenters. The Hall–Kier alpha value is -1.88. The molecule has 1 N–H and O–H groups in total. The molecular weight excluding hydrogens is 269 g/mol. The van der Waals surface area contributed by atoms with Gasteiger partial charge in [0, 0.05) is 24.0 Å². The number of imidazole rings is 1. The number of ether oxygens (including phenoxy) is 1. The summed E-state index contributed by atoms with van der Waals surface area (Å²) in [5.74, 6) is 1.44. The Bertz CT molecular complexity index is 583. The van der Waals surface area contributed by atoms with E-state index in [1.165, 1.54) is 12.1 Å². The van der Waals surface area contributed by atoms with Crippen LogP contribution in [0.25, 0.3) is 0 Å². The van der Waals surface area contributed by atoms with Gasteiger partial charge in [-0.25, -0.2) is 9.37 Å². The summed E-state index contributed by atoms with van der Waals surface area (Å²) in [6, 6.07) is 4.71. The van der Waals surface area contributed by atoms with Crippen LogP contribution in [0, 0.1) is 12.7 Å². The Morgan fingerprint density at radius 3 is 2.90 bits per heavy atom. The molecule has 0 saturated carbocycles. The molecule has 0 spiro atoms. The summed E-state index contributed by atoms with van der Waals surface area (Å²) in [5.41, 5.74) is 0.846. The molecule has 1 heterocycles. The summed E-state index contributed by atoms with van der Waals surface area (Å²) in [7, 11) is 0. The van der Waals surface area contributed by atoms with Gasteiger partial charge in [0.05, 0.1) is 6.54 Å². The molecule has 114 valence electrons. The van der Waals surface area contributed by atoms with Crippen LogP contribution in [0.1, 0.15) is 31.3 Å². The lowest BCUT2D eigenvalue weighted by atomic mass is 10.1. The van der Waals surface area contributed by atoms with E-state index in [9.17, 15) is 4.39 Å². The van der Waals surface area contributed by atoms with Gasteiger partial charge in [-0.05, 0) is 38.6 Å². The molecule has 0 fully saturated rings. The summed E-state index contributed by atoms with van der Waals surface area (Å²) in [5, 5.41) is 3.28. The minimum atomic E-state index is -0.243. The van der Waals surface area contributed by atoms with Gasteiger partial charge in [0.25, 0.3) is 0 Å². The smallest absolute Gasteiger partial charge is 0.124 e. The summed E-state index contributed by atoms with van der Waals surface area (Å²) in [6.07, 6.45) is 3.69. The topological polar surface area (TPSA) is 39.1 Å². The molecular formula is C16H22FN3O. The van der Waals surface area contributed by atoms with E-state index >= 15 is 0 Å². The SMILES string of the molecule is CCNC(C)c1cc(F)ccc1OCCn1ccnc1C. The van der Waals surface area contributed by atoms with Crippen molar-refractivity contribution in [2.75, 3.05) is 13.2 Å². The first-order valence-corrected chi connectivity index (χ1v) is 7.25. The average molecular weight is 291 g/mol. The molecule has 0 aliphatic carbocycles. The summed E-state index contributed by atoms with van der Waals surface area (Å²) >= 11 is 0. The van der Waals surface area contributed by atoms with Crippen molar-refractivity contribution in [3.63, 3.8) is 0 Å².